The maximum absolute atomic E-state index is 11.5. The van der Waals surface area contributed by atoms with E-state index in [0.29, 0.717) is 5.69 Å². The summed E-state index contributed by atoms with van der Waals surface area (Å²) in [5.41, 5.74) is 1.76. The number of sulfonamides is 1. The Morgan fingerprint density at radius 2 is 2.07 bits per heavy atom. The summed E-state index contributed by atoms with van der Waals surface area (Å²) >= 11 is 2.19. The molecular weight excluding hydrogens is 313 g/mol. The third kappa shape index (κ3) is 1.75. The third-order valence-electron chi connectivity index (χ3n) is 2.22. The van der Waals surface area contributed by atoms with Crippen LogP contribution < -0.4 is 4.72 Å². The number of halogens is 1. The van der Waals surface area contributed by atoms with Crippen LogP contribution in [0.15, 0.2) is 24.3 Å². The molecule has 0 aromatic heterocycles. The van der Waals surface area contributed by atoms with E-state index in [-0.39, 0.29) is 9.17 Å². The zero-order valence-corrected chi connectivity index (χ0v) is 10.6. The van der Waals surface area contributed by atoms with Crippen molar-refractivity contribution in [1.82, 2.24) is 0 Å². The molecule has 14 heavy (non-hydrogen) atoms. The maximum Gasteiger partial charge on any atom is 0.234 e. The van der Waals surface area contributed by atoms with Crippen molar-refractivity contribution in [3.8, 4) is 0 Å². The smallest absolute Gasteiger partial charge is 0.234 e. The van der Waals surface area contributed by atoms with Crippen molar-refractivity contribution in [2.45, 2.75) is 10.3 Å². The fourth-order valence-corrected chi connectivity index (χ4v) is 4.82. The van der Waals surface area contributed by atoms with Gasteiger partial charge in [0.15, 0.2) is 0 Å². The minimum atomic E-state index is -3.16. The van der Waals surface area contributed by atoms with E-state index in [1.807, 2.05) is 25.1 Å². The predicted octanol–water partition coefficient (Wildman–Crippen LogP) is 2.09. The maximum atomic E-state index is 11.5. The van der Waals surface area contributed by atoms with Gasteiger partial charge in [-0.25, -0.2) is 8.42 Å². The zero-order valence-electron chi connectivity index (χ0n) is 7.62. The summed E-state index contributed by atoms with van der Waals surface area (Å²) in [6.07, 6.45) is 0. The first kappa shape index (κ1) is 10.2. The van der Waals surface area contributed by atoms with Gasteiger partial charge in [0.05, 0.1) is 14.9 Å². The van der Waals surface area contributed by atoms with E-state index in [1.165, 1.54) is 0 Å². The first-order valence-electron chi connectivity index (χ1n) is 4.20. The Morgan fingerprint density at radius 1 is 1.43 bits per heavy atom. The van der Waals surface area contributed by atoms with Crippen LogP contribution in [-0.2, 0) is 13.4 Å². The minimum absolute atomic E-state index is 0.136. The van der Waals surface area contributed by atoms with Gasteiger partial charge < -0.3 is 0 Å². The van der Waals surface area contributed by atoms with Crippen LogP contribution in [0.4, 0.5) is 5.69 Å². The summed E-state index contributed by atoms with van der Waals surface area (Å²) in [5.74, 6) is 0.136. The number of rotatable bonds is 0. The molecule has 1 aromatic carbocycles. The molecule has 0 saturated carbocycles. The Balaban J connectivity index is 2.64. The quantitative estimate of drug-likeness (QED) is 0.587. The number of nitrogens with one attached hydrogen (secondary N) is 1. The molecule has 5 heteroatoms. The average molecular weight is 323 g/mol. The normalized spacial score (nSPS) is 29.0. The lowest BCUT2D eigenvalue weighted by Gasteiger charge is -2.30. The molecule has 1 aliphatic heterocycles. The first-order valence-corrected chi connectivity index (χ1v) is 6.93. The molecule has 0 aliphatic carbocycles. The van der Waals surface area contributed by atoms with Crippen LogP contribution in [0.5, 0.6) is 0 Å². The lowest BCUT2D eigenvalue weighted by molar-refractivity contribution is 0.591. The van der Waals surface area contributed by atoms with Gasteiger partial charge in [-0.2, -0.15) is 0 Å². The summed E-state index contributed by atoms with van der Waals surface area (Å²) in [6, 6.07) is 7.52. The van der Waals surface area contributed by atoms with E-state index >= 15 is 0 Å². The number of hydrogen-bond donors (Lipinski definition) is 1. The molecule has 2 rings (SSSR count). The number of para-hydroxylation sites is 1. The summed E-state index contributed by atoms with van der Waals surface area (Å²) in [5, 5.41) is 0. The highest BCUT2D eigenvalue weighted by Gasteiger charge is 2.36. The second-order valence-electron chi connectivity index (χ2n) is 3.60. The number of alkyl halides is 1. The average Bonchev–Trinajstić information content (AvgIpc) is 2.00. The van der Waals surface area contributed by atoms with E-state index < -0.39 is 10.0 Å². The number of fused-ring (bicyclic) bond motifs is 1. The van der Waals surface area contributed by atoms with Crippen molar-refractivity contribution in [1.29, 1.82) is 0 Å². The van der Waals surface area contributed by atoms with Crippen molar-refractivity contribution in [3.05, 3.63) is 29.8 Å². The van der Waals surface area contributed by atoms with Crippen molar-refractivity contribution in [2.24, 2.45) is 0 Å². The zero-order chi connectivity index (χ0) is 10.4. The van der Waals surface area contributed by atoms with E-state index in [0.717, 1.165) is 5.56 Å². The Morgan fingerprint density at radius 3 is 2.79 bits per heavy atom. The first-order chi connectivity index (χ1) is 6.41. The fourth-order valence-electron chi connectivity index (χ4n) is 1.66. The minimum Gasteiger partial charge on any atom is -0.283 e. The van der Waals surface area contributed by atoms with Gasteiger partial charge in [0.2, 0.25) is 10.0 Å². The SMILES string of the molecule is CC1(I)CS(=O)(=O)Nc2ccccc21. The lowest BCUT2D eigenvalue weighted by atomic mass is 10.0. The van der Waals surface area contributed by atoms with Crippen LogP contribution in [0.3, 0.4) is 0 Å². The molecule has 1 heterocycles. The van der Waals surface area contributed by atoms with Crippen LogP contribution in [0.1, 0.15) is 12.5 Å². The molecule has 0 saturated heterocycles. The van der Waals surface area contributed by atoms with Gasteiger partial charge in [-0.15, -0.1) is 0 Å². The van der Waals surface area contributed by atoms with E-state index in [9.17, 15) is 8.42 Å². The molecule has 1 N–H and O–H groups in total. The Bertz CT molecular complexity index is 467. The monoisotopic (exact) mass is 323 g/mol. The summed E-state index contributed by atoms with van der Waals surface area (Å²) in [7, 11) is -3.16. The molecule has 1 aromatic rings. The van der Waals surface area contributed by atoms with Gasteiger partial charge in [-0.3, -0.25) is 4.72 Å². The summed E-state index contributed by atoms with van der Waals surface area (Å²) in [4.78, 5) is 0. The van der Waals surface area contributed by atoms with E-state index in [1.54, 1.807) is 6.07 Å². The highest BCUT2D eigenvalue weighted by molar-refractivity contribution is 14.1. The fraction of sp³-hybridized carbons (Fsp3) is 0.333. The topological polar surface area (TPSA) is 46.2 Å². The van der Waals surface area contributed by atoms with Crippen LogP contribution >= 0.6 is 22.6 Å². The van der Waals surface area contributed by atoms with Crippen LogP contribution in [0.2, 0.25) is 0 Å². The van der Waals surface area contributed by atoms with E-state index in [4.69, 9.17) is 0 Å². The van der Waals surface area contributed by atoms with Gasteiger partial charge >= 0.3 is 0 Å². The molecule has 1 atom stereocenters. The predicted molar refractivity (Wildman–Crippen MR) is 65.2 cm³/mol. The highest BCUT2D eigenvalue weighted by Crippen LogP contribution is 2.41. The molecule has 0 bridgehead atoms. The van der Waals surface area contributed by atoms with Gasteiger partial charge in [0, 0.05) is 0 Å². The Kier molecular flexibility index (Phi) is 2.26. The van der Waals surface area contributed by atoms with Crippen molar-refractivity contribution in [3.63, 3.8) is 0 Å². The molecule has 0 amide bonds. The van der Waals surface area contributed by atoms with Crippen molar-refractivity contribution in [2.75, 3.05) is 10.5 Å². The molecule has 1 unspecified atom stereocenters. The molecule has 0 spiro atoms. The number of benzene rings is 1. The Hall–Kier alpha value is -0.300. The third-order valence-corrected chi connectivity index (χ3v) is 5.18. The molecule has 3 nitrogen and oxygen atoms in total. The van der Waals surface area contributed by atoms with Gasteiger partial charge in [-0.1, -0.05) is 40.8 Å². The molecular formula is C9H10INO2S. The molecule has 0 fully saturated rings. The van der Waals surface area contributed by atoms with Crippen molar-refractivity contribution < 1.29 is 8.42 Å². The summed E-state index contributed by atoms with van der Waals surface area (Å²) < 4.78 is 25.3. The largest absolute Gasteiger partial charge is 0.283 e. The Labute approximate surface area is 97.1 Å². The van der Waals surface area contributed by atoms with Crippen LogP contribution in [-0.4, -0.2) is 14.2 Å². The van der Waals surface area contributed by atoms with Crippen LogP contribution in [0.25, 0.3) is 0 Å². The van der Waals surface area contributed by atoms with E-state index in [2.05, 4.69) is 27.3 Å². The lowest BCUT2D eigenvalue weighted by Crippen LogP contribution is -2.35. The van der Waals surface area contributed by atoms with Gasteiger partial charge in [0.1, 0.15) is 0 Å². The second kappa shape index (κ2) is 3.10. The molecule has 76 valence electrons. The number of hydrogen-bond acceptors (Lipinski definition) is 2. The molecule has 1 aliphatic rings. The number of anilines is 1. The summed E-state index contributed by atoms with van der Waals surface area (Å²) in [6.45, 7) is 1.94. The second-order valence-corrected chi connectivity index (χ2v) is 7.71. The van der Waals surface area contributed by atoms with Crippen molar-refractivity contribution >= 4 is 38.3 Å². The standard InChI is InChI=1S/C9H10INO2S/c1-9(10)6-14(12,13)11-8-5-3-2-4-7(8)9/h2-5,11H,6H2,1H3. The van der Waals surface area contributed by atoms with Gasteiger partial charge in [-0.05, 0) is 18.6 Å². The van der Waals surface area contributed by atoms with Gasteiger partial charge in [0.25, 0.3) is 0 Å². The molecule has 0 radical (unpaired) electrons. The highest BCUT2D eigenvalue weighted by atomic mass is 127. The van der Waals surface area contributed by atoms with Crippen LogP contribution in [0, 0.1) is 0 Å².